The van der Waals surface area contributed by atoms with E-state index < -0.39 is 0 Å². The Morgan fingerprint density at radius 2 is 1.18 bits per heavy atom. The van der Waals surface area contributed by atoms with E-state index in [1.54, 1.807) is 0 Å². The number of benzene rings is 8. The van der Waals surface area contributed by atoms with Crippen LogP contribution in [0, 0.1) is 0 Å². The fourth-order valence-electron chi connectivity index (χ4n) is 11.1. The van der Waals surface area contributed by atoms with Crippen molar-refractivity contribution in [2.45, 2.75) is 38.1 Å². The highest BCUT2D eigenvalue weighted by Crippen LogP contribution is 2.49. The Hall–Kier alpha value is -7.42. The lowest BCUT2D eigenvalue weighted by atomic mass is 9.85. The predicted octanol–water partition coefficient (Wildman–Crippen LogP) is 16.2. The van der Waals surface area contributed by atoms with Gasteiger partial charge in [-0.2, -0.15) is 0 Å². The van der Waals surface area contributed by atoms with Gasteiger partial charge in [-0.05, 0) is 118 Å². The summed E-state index contributed by atoms with van der Waals surface area (Å²) < 4.78 is 5.21. The van der Waals surface area contributed by atoms with E-state index in [9.17, 15) is 0 Å². The third-order valence-corrected chi connectivity index (χ3v) is 14.2. The zero-order chi connectivity index (χ0) is 41.1. The van der Waals surface area contributed by atoms with E-state index in [0.717, 1.165) is 12.8 Å². The van der Waals surface area contributed by atoms with Gasteiger partial charge in [0.15, 0.2) is 0 Å². The van der Waals surface area contributed by atoms with Crippen LogP contribution in [-0.2, 0) is 5.54 Å². The standard InChI is InChI=1S/C60H44N2/c1-38-13-10-22-50-54-36-46(26-28-56(54)62(58(38)50)60(2)31-29-40(30-32-60)42-19-11-18-41(33-42)39-14-4-3-5-15-39)45-25-27-55-53(35-45)51-24-12-23-49-47-20-8-9-21-48(47)52-34-43-16-6-7-17-44(43)37-57(52)61(55)59(49)51/h3-12,14-31,33-38H,13,32H2,1-2H3. The molecule has 2 atom stereocenters. The van der Waals surface area contributed by atoms with Crippen molar-refractivity contribution < 1.29 is 0 Å². The van der Waals surface area contributed by atoms with Gasteiger partial charge in [-0.25, -0.2) is 0 Å². The molecule has 3 heterocycles. The number of hydrogen-bond donors (Lipinski definition) is 0. The lowest BCUT2D eigenvalue weighted by Crippen LogP contribution is -2.31. The van der Waals surface area contributed by atoms with Crippen LogP contribution in [0.4, 0.5) is 0 Å². The SMILES string of the molecule is CC1CC=Cc2c1n(C1(C)C=CC(c3cccc(-c4ccccc4)c3)=CC1)c1ccc(-c3ccc4c(c3)c3cccc5c3n4-c3cc4ccccc4cc3-c3ccccc3-5)cc21. The molecule has 2 aromatic heterocycles. The minimum Gasteiger partial charge on any atom is -0.334 e. The molecule has 0 bridgehead atoms. The Balaban J connectivity index is 0.938. The molecule has 0 radical (unpaired) electrons. The number of allylic oxidation sites excluding steroid dienone is 5. The molecule has 2 heteroatoms. The van der Waals surface area contributed by atoms with Gasteiger partial charge in [-0.1, -0.05) is 165 Å². The van der Waals surface area contributed by atoms with E-state index in [0.29, 0.717) is 5.92 Å². The van der Waals surface area contributed by atoms with Crippen molar-refractivity contribution >= 4 is 55.1 Å². The van der Waals surface area contributed by atoms with Crippen molar-refractivity contribution in [3.05, 3.63) is 211 Å². The minimum atomic E-state index is -0.197. The average Bonchev–Trinajstić information content (AvgIpc) is 3.81. The summed E-state index contributed by atoms with van der Waals surface area (Å²) in [6.07, 6.45) is 14.0. The van der Waals surface area contributed by atoms with E-state index >= 15 is 0 Å². The van der Waals surface area contributed by atoms with E-state index in [1.165, 1.54) is 116 Å². The predicted molar refractivity (Wildman–Crippen MR) is 263 cm³/mol. The van der Waals surface area contributed by atoms with Crippen LogP contribution in [0.25, 0.3) is 105 Å². The molecule has 13 rings (SSSR count). The first kappa shape index (κ1) is 35.3. The van der Waals surface area contributed by atoms with Crippen LogP contribution in [0.5, 0.6) is 0 Å². The first-order valence-electron chi connectivity index (χ1n) is 22.1. The maximum Gasteiger partial charge on any atom is 0.0640 e. The van der Waals surface area contributed by atoms with Crippen LogP contribution in [0.15, 0.2) is 194 Å². The van der Waals surface area contributed by atoms with Crippen LogP contribution < -0.4 is 0 Å². The lowest BCUT2D eigenvalue weighted by molar-refractivity contribution is 0.404. The molecule has 294 valence electrons. The Morgan fingerprint density at radius 1 is 0.516 bits per heavy atom. The van der Waals surface area contributed by atoms with Crippen molar-refractivity contribution in [2.24, 2.45) is 0 Å². The number of hydrogen-bond acceptors (Lipinski definition) is 0. The maximum absolute atomic E-state index is 2.68. The van der Waals surface area contributed by atoms with Crippen molar-refractivity contribution in [1.82, 2.24) is 9.13 Å². The van der Waals surface area contributed by atoms with Gasteiger partial charge in [0.05, 0.1) is 22.3 Å². The molecule has 0 saturated carbocycles. The number of nitrogens with zero attached hydrogens (tertiary/aromatic N) is 2. The third kappa shape index (κ3) is 5.16. The van der Waals surface area contributed by atoms with Gasteiger partial charge in [0.1, 0.15) is 0 Å². The van der Waals surface area contributed by atoms with Gasteiger partial charge in [0.25, 0.3) is 0 Å². The van der Waals surface area contributed by atoms with Crippen LogP contribution in [0.2, 0.25) is 0 Å². The minimum absolute atomic E-state index is 0.197. The van der Waals surface area contributed by atoms with Crippen LogP contribution in [0.1, 0.15) is 49.4 Å². The first-order chi connectivity index (χ1) is 30.5. The molecule has 2 unspecified atom stereocenters. The maximum atomic E-state index is 2.68. The lowest BCUT2D eigenvalue weighted by Gasteiger charge is -2.35. The van der Waals surface area contributed by atoms with Crippen molar-refractivity contribution in [3.63, 3.8) is 0 Å². The van der Waals surface area contributed by atoms with Crippen LogP contribution in [-0.4, -0.2) is 9.13 Å². The summed E-state index contributed by atoms with van der Waals surface area (Å²) in [5.41, 5.74) is 20.3. The monoisotopic (exact) mass is 792 g/mol. The van der Waals surface area contributed by atoms with Crippen molar-refractivity contribution in [2.75, 3.05) is 0 Å². The van der Waals surface area contributed by atoms with Gasteiger partial charge < -0.3 is 9.13 Å². The number of aromatic nitrogens is 2. The second kappa shape index (κ2) is 13.3. The Labute approximate surface area is 362 Å². The molecule has 0 N–H and O–H groups in total. The van der Waals surface area contributed by atoms with Gasteiger partial charge in [-0.3, -0.25) is 0 Å². The molecular formula is C60H44N2. The number of fused-ring (bicyclic) bond motifs is 12. The average molecular weight is 793 g/mol. The molecule has 8 aromatic carbocycles. The zero-order valence-corrected chi connectivity index (χ0v) is 34.9. The molecule has 62 heavy (non-hydrogen) atoms. The highest BCUT2D eigenvalue weighted by atomic mass is 15.1. The second-order valence-corrected chi connectivity index (χ2v) is 17.9. The first-order valence-corrected chi connectivity index (χ1v) is 22.1. The fraction of sp³-hybridized carbons (Fsp3) is 0.100. The number of para-hydroxylation sites is 1. The molecule has 10 aromatic rings. The van der Waals surface area contributed by atoms with E-state index in [2.05, 4.69) is 223 Å². The second-order valence-electron chi connectivity index (χ2n) is 17.9. The smallest absolute Gasteiger partial charge is 0.0640 e. The van der Waals surface area contributed by atoms with Crippen LogP contribution >= 0.6 is 0 Å². The van der Waals surface area contributed by atoms with E-state index in [4.69, 9.17) is 0 Å². The molecule has 0 fully saturated rings. The Bertz CT molecular complexity index is 3610. The summed E-state index contributed by atoms with van der Waals surface area (Å²) >= 11 is 0. The largest absolute Gasteiger partial charge is 0.334 e. The Morgan fingerprint density at radius 3 is 1.98 bits per heavy atom. The number of rotatable bonds is 4. The van der Waals surface area contributed by atoms with Gasteiger partial charge in [-0.15, -0.1) is 0 Å². The normalized spacial score (nSPS) is 17.6. The molecule has 0 saturated heterocycles. The van der Waals surface area contributed by atoms with E-state index in [-0.39, 0.29) is 5.54 Å². The van der Waals surface area contributed by atoms with E-state index in [1.807, 2.05) is 0 Å². The third-order valence-electron chi connectivity index (χ3n) is 14.2. The fourth-order valence-corrected chi connectivity index (χ4v) is 11.1. The summed E-state index contributed by atoms with van der Waals surface area (Å²) in [4.78, 5) is 0. The van der Waals surface area contributed by atoms with Crippen molar-refractivity contribution in [3.8, 4) is 50.2 Å². The van der Waals surface area contributed by atoms with Gasteiger partial charge >= 0.3 is 0 Å². The summed E-state index contributed by atoms with van der Waals surface area (Å²) in [6, 6.07) is 63.4. The topological polar surface area (TPSA) is 9.86 Å². The summed E-state index contributed by atoms with van der Waals surface area (Å²) in [6.45, 7) is 4.82. The Kier molecular flexibility index (Phi) is 7.58. The molecule has 0 amide bonds. The quantitative estimate of drug-likeness (QED) is 0.168. The highest BCUT2D eigenvalue weighted by molar-refractivity contribution is 6.17. The molecule has 3 aliphatic rings. The summed E-state index contributed by atoms with van der Waals surface area (Å²) in [7, 11) is 0. The molecular weight excluding hydrogens is 749 g/mol. The molecule has 0 spiro atoms. The molecule has 2 nitrogen and oxygen atoms in total. The van der Waals surface area contributed by atoms with Crippen molar-refractivity contribution in [1.29, 1.82) is 0 Å². The van der Waals surface area contributed by atoms with Crippen LogP contribution in [0.3, 0.4) is 0 Å². The zero-order valence-electron chi connectivity index (χ0n) is 34.9. The molecule has 2 aliphatic carbocycles. The summed E-state index contributed by atoms with van der Waals surface area (Å²) in [5, 5.41) is 6.41. The highest BCUT2D eigenvalue weighted by Gasteiger charge is 2.34. The molecule has 1 aliphatic heterocycles. The summed E-state index contributed by atoms with van der Waals surface area (Å²) in [5.74, 6) is 0.421. The van der Waals surface area contributed by atoms with Gasteiger partial charge in [0.2, 0.25) is 0 Å². The van der Waals surface area contributed by atoms with Gasteiger partial charge in [0, 0.05) is 50.0 Å².